The third-order valence-corrected chi connectivity index (χ3v) is 3.94. The van der Waals surface area contributed by atoms with Crippen molar-refractivity contribution in [1.29, 1.82) is 0 Å². The Kier molecular flexibility index (Phi) is 2.92. The minimum atomic E-state index is -4.69. The van der Waals surface area contributed by atoms with E-state index in [-0.39, 0.29) is 10.7 Å². The summed E-state index contributed by atoms with van der Waals surface area (Å²) in [7, 11) is -2.95. The Bertz CT molecular complexity index is 933. The van der Waals surface area contributed by atoms with Gasteiger partial charge >= 0.3 is 6.18 Å². The van der Waals surface area contributed by atoms with Crippen LogP contribution in [0.3, 0.4) is 0 Å². The number of ether oxygens (including phenoxy) is 1. The van der Waals surface area contributed by atoms with Crippen LogP contribution in [-0.4, -0.2) is 12.9 Å². The van der Waals surface area contributed by atoms with Gasteiger partial charge in [-0.25, -0.2) is 4.39 Å². The molecule has 24 heavy (non-hydrogen) atoms. The predicted molar refractivity (Wildman–Crippen MR) is 80.0 cm³/mol. The number of anilines is 1. The van der Waals surface area contributed by atoms with Crippen molar-refractivity contribution in [3.05, 3.63) is 58.1 Å². The molecule has 1 heterocycles. The number of nitrogens with one attached hydrogen (secondary N) is 1. The Morgan fingerprint density at radius 1 is 1.21 bits per heavy atom. The van der Waals surface area contributed by atoms with Crippen molar-refractivity contribution >= 4 is 23.2 Å². The molecule has 0 unspecified atom stereocenters. The molecule has 0 aliphatic carbocycles. The van der Waals surface area contributed by atoms with Gasteiger partial charge in [-0.3, -0.25) is 4.79 Å². The van der Waals surface area contributed by atoms with Crippen molar-refractivity contribution in [1.82, 2.24) is 0 Å². The summed E-state index contributed by atoms with van der Waals surface area (Å²) in [5.74, 6) is -1.76. The first-order valence-electron chi connectivity index (χ1n) is 8.03. The zero-order valence-corrected chi connectivity index (χ0v) is 12.4. The van der Waals surface area contributed by atoms with E-state index in [1.54, 1.807) is 0 Å². The SMILES string of the molecule is [3H]C([3H])([3H])Oc1ccc(Cl)cc1[C@]1(F)C(=O)Nc2cc(C(F)(F)F)ccc21. The predicted octanol–water partition coefficient (Wildman–Crippen LogP) is 4.53. The molecule has 2 aromatic rings. The van der Waals surface area contributed by atoms with Crippen LogP contribution < -0.4 is 10.1 Å². The lowest BCUT2D eigenvalue weighted by Crippen LogP contribution is -2.31. The van der Waals surface area contributed by atoms with Gasteiger partial charge in [0.05, 0.1) is 16.7 Å². The summed E-state index contributed by atoms with van der Waals surface area (Å²) >= 11 is 5.85. The fraction of sp³-hybridized carbons (Fsp3) is 0.188. The fourth-order valence-corrected chi connectivity index (χ4v) is 2.76. The number of rotatable bonds is 2. The van der Waals surface area contributed by atoms with Gasteiger partial charge in [-0.15, -0.1) is 0 Å². The summed E-state index contributed by atoms with van der Waals surface area (Å²) in [6.45, 7) is 0. The van der Waals surface area contributed by atoms with Crippen LogP contribution in [0.5, 0.6) is 5.75 Å². The molecule has 0 bridgehead atoms. The van der Waals surface area contributed by atoms with Crippen LogP contribution in [0.1, 0.15) is 20.8 Å². The van der Waals surface area contributed by atoms with Gasteiger partial charge in [0.2, 0.25) is 5.67 Å². The summed E-state index contributed by atoms with van der Waals surface area (Å²) in [6.07, 6.45) is -4.69. The van der Waals surface area contributed by atoms with Crippen molar-refractivity contribution in [2.45, 2.75) is 11.8 Å². The highest BCUT2D eigenvalue weighted by Gasteiger charge is 2.51. The van der Waals surface area contributed by atoms with Gasteiger partial charge in [0.1, 0.15) is 5.75 Å². The van der Waals surface area contributed by atoms with E-state index in [0.717, 1.165) is 18.2 Å². The van der Waals surface area contributed by atoms with Gasteiger partial charge in [0, 0.05) is 21.8 Å². The second-order valence-corrected chi connectivity index (χ2v) is 5.55. The summed E-state index contributed by atoms with van der Waals surface area (Å²) < 4.78 is 80.7. The highest BCUT2D eigenvalue weighted by atomic mass is 35.5. The van der Waals surface area contributed by atoms with E-state index in [1.165, 1.54) is 6.07 Å². The van der Waals surface area contributed by atoms with Crippen molar-refractivity contribution in [2.75, 3.05) is 12.4 Å². The largest absolute Gasteiger partial charge is 0.496 e. The lowest BCUT2D eigenvalue weighted by molar-refractivity contribution is -0.137. The van der Waals surface area contributed by atoms with E-state index >= 15 is 4.39 Å². The zero-order chi connectivity index (χ0) is 20.2. The molecular weight excluding hydrogens is 350 g/mol. The Morgan fingerprint density at radius 3 is 2.62 bits per heavy atom. The number of carbonyl (C=O) groups excluding carboxylic acids is 1. The second-order valence-electron chi connectivity index (χ2n) is 5.11. The summed E-state index contributed by atoms with van der Waals surface area (Å²) in [5, 5.41) is 2.03. The minimum Gasteiger partial charge on any atom is -0.496 e. The number of amides is 1. The third-order valence-electron chi connectivity index (χ3n) is 3.70. The minimum absolute atomic E-state index is 0.0203. The molecule has 1 amide bonds. The summed E-state index contributed by atoms with van der Waals surface area (Å²) in [6, 6.07) is 5.34. The number of fused-ring (bicyclic) bond motifs is 1. The Morgan fingerprint density at radius 2 is 1.96 bits per heavy atom. The van der Waals surface area contributed by atoms with E-state index in [2.05, 4.69) is 5.32 Å². The molecule has 1 aliphatic heterocycles. The van der Waals surface area contributed by atoms with Crippen LogP contribution in [0.25, 0.3) is 0 Å². The highest BCUT2D eigenvalue weighted by Crippen LogP contribution is 2.48. The van der Waals surface area contributed by atoms with E-state index in [4.69, 9.17) is 20.5 Å². The molecule has 1 N–H and O–H groups in total. The zero-order valence-electron chi connectivity index (χ0n) is 14.7. The average Bonchev–Trinajstić information content (AvgIpc) is 2.78. The number of carbonyl (C=O) groups is 1. The van der Waals surface area contributed by atoms with Gasteiger partial charge in [-0.05, 0) is 30.3 Å². The number of hydrogen-bond acceptors (Lipinski definition) is 2. The fourth-order valence-electron chi connectivity index (χ4n) is 2.58. The van der Waals surface area contributed by atoms with Crippen LogP contribution in [0.2, 0.25) is 5.02 Å². The first-order valence-corrected chi connectivity index (χ1v) is 6.91. The highest BCUT2D eigenvalue weighted by molar-refractivity contribution is 6.30. The summed E-state index contributed by atoms with van der Waals surface area (Å²) in [4.78, 5) is 12.3. The van der Waals surface area contributed by atoms with Crippen molar-refractivity contribution in [3.63, 3.8) is 0 Å². The van der Waals surface area contributed by atoms with Crippen LogP contribution in [0.15, 0.2) is 36.4 Å². The second kappa shape index (κ2) is 5.37. The van der Waals surface area contributed by atoms with Crippen molar-refractivity contribution in [2.24, 2.45) is 0 Å². The molecule has 3 rings (SSSR count). The van der Waals surface area contributed by atoms with Gasteiger partial charge < -0.3 is 10.1 Å². The smallest absolute Gasteiger partial charge is 0.416 e. The molecule has 1 aliphatic rings. The van der Waals surface area contributed by atoms with E-state index in [9.17, 15) is 18.0 Å². The number of halogens is 5. The third kappa shape index (κ3) is 2.39. The average molecular weight is 366 g/mol. The van der Waals surface area contributed by atoms with Gasteiger partial charge in [0.15, 0.2) is 0 Å². The maximum atomic E-state index is 15.9. The number of alkyl halides is 4. The molecule has 8 heteroatoms. The Hall–Kier alpha value is -2.28. The molecule has 0 aromatic heterocycles. The van der Waals surface area contributed by atoms with Crippen LogP contribution >= 0.6 is 11.6 Å². The van der Waals surface area contributed by atoms with Crippen LogP contribution in [-0.2, 0) is 16.6 Å². The normalized spacial score (nSPS) is 22.2. The first-order chi connectivity index (χ1) is 12.3. The molecule has 0 saturated heterocycles. The molecule has 1 atom stereocenters. The maximum Gasteiger partial charge on any atom is 0.416 e. The van der Waals surface area contributed by atoms with Gasteiger partial charge in [-0.1, -0.05) is 17.7 Å². The van der Waals surface area contributed by atoms with Gasteiger partial charge in [-0.2, -0.15) is 13.2 Å². The monoisotopic (exact) mass is 365 g/mol. The lowest BCUT2D eigenvalue weighted by Gasteiger charge is -2.21. The molecule has 2 aromatic carbocycles. The summed E-state index contributed by atoms with van der Waals surface area (Å²) in [5.41, 5.74) is -5.36. The van der Waals surface area contributed by atoms with Gasteiger partial charge in [0.25, 0.3) is 5.91 Å². The number of methoxy groups -OCH3 is 1. The quantitative estimate of drug-likeness (QED) is 0.794. The van der Waals surface area contributed by atoms with E-state index < -0.39 is 47.2 Å². The molecule has 0 spiro atoms. The molecule has 0 fully saturated rings. The standard InChI is InChI=1S/C16H10ClF4NO2/c1-24-13-5-3-9(17)7-11(13)15(18)10-4-2-8(16(19,20)21)6-12(10)22-14(15)23/h2-7H,1H3,(H,22,23)/t15-/m0/s1/i1T3. The topological polar surface area (TPSA) is 38.3 Å². The molecule has 3 nitrogen and oxygen atoms in total. The Balaban J connectivity index is 2.19. The number of benzene rings is 2. The molecule has 0 radical (unpaired) electrons. The van der Waals surface area contributed by atoms with Crippen molar-refractivity contribution in [3.8, 4) is 5.75 Å². The van der Waals surface area contributed by atoms with Crippen LogP contribution in [0.4, 0.5) is 23.2 Å². The molecular formula is C16H10ClF4NO2. The molecule has 0 saturated carbocycles. The Labute approximate surface area is 143 Å². The number of hydrogen-bond donors (Lipinski definition) is 1. The molecule has 126 valence electrons. The van der Waals surface area contributed by atoms with Crippen LogP contribution in [0, 0.1) is 0 Å². The van der Waals surface area contributed by atoms with E-state index in [1.807, 2.05) is 0 Å². The lowest BCUT2D eigenvalue weighted by atomic mass is 9.88. The maximum absolute atomic E-state index is 15.9. The van der Waals surface area contributed by atoms with E-state index in [0.29, 0.717) is 12.1 Å². The van der Waals surface area contributed by atoms with Crippen molar-refractivity contribution < 1.29 is 31.2 Å². The first kappa shape index (κ1) is 13.1.